The van der Waals surface area contributed by atoms with Crippen LogP contribution in [0, 0.1) is 5.82 Å². The summed E-state index contributed by atoms with van der Waals surface area (Å²) in [7, 11) is 0. The molecule has 0 spiro atoms. The van der Waals surface area contributed by atoms with Gasteiger partial charge in [0.2, 0.25) is 0 Å². The highest BCUT2D eigenvalue weighted by atomic mass is 19.1. The molecular weight excluding hydrogens is 249 g/mol. The van der Waals surface area contributed by atoms with Crippen LogP contribution in [-0.2, 0) is 11.3 Å². The molecule has 1 heterocycles. The molecule has 1 aromatic carbocycles. The van der Waals surface area contributed by atoms with E-state index in [9.17, 15) is 14.3 Å². The Morgan fingerprint density at radius 2 is 2.16 bits per heavy atom. The molecule has 5 nitrogen and oxygen atoms in total. The predicted octanol–water partition coefficient (Wildman–Crippen LogP) is 2.28. The number of carboxylic acid groups (broad SMARTS) is 1. The first-order valence-corrected chi connectivity index (χ1v) is 5.86. The maximum Gasteiger partial charge on any atom is 0.332 e. The summed E-state index contributed by atoms with van der Waals surface area (Å²) in [4.78, 5) is 15.3. The van der Waals surface area contributed by atoms with E-state index in [0.29, 0.717) is 17.9 Å². The maximum atomic E-state index is 12.8. The maximum absolute atomic E-state index is 12.8. The summed E-state index contributed by atoms with van der Waals surface area (Å²) in [6.45, 7) is 2.53. The molecule has 1 atom stereocenters. The van der Waals surface area contributed by atoms with E-state index in [1.807, 2.05) is 6.92 Å². The molecule has 2 N–H and O–H groups in total. The van der Waals surface area contributed by atoms with E-state index >= 15 is 0 Å². The molecule has 0 amide bonds. The first-order chi connectivity index (χ1) is 9.11. The largest absolute Gasteiger partial charge is 0.479 e. The monoisotopic (exact) mass is 263 g/mol. The summed E-state index contributed by atoms with van der Waals surface area (Å²) >= 11 is 0. The highest BCUT2D eigenvalue weighted by molar-refractivity contribution is 5.78. The summed E-state index contributed by atoms with van der Waals surface area (Å²) in [5, 5.41) is 12.2. The van der Waals surface area contributed by atoms with E-state index in [1.54, 1.807) is 10.9 Å². The van der Waals surface area contributed by atoms with Gasteiger partial charge in [-0.05, 0) is 31.2 Å². The SMILES string of the molecule is CCn1cncc1C(Nc1ccc(F)cc1)C(=O)O. The molecule has 19 heavy (non-hydrogen) atoms. The number of imidazole rings is 1. The zero-order chi connectivity index (χ0) is 13.8. The Kier molecular flexibility index (Phi) is 3.79. The van der Waals surface area contributed by atoms with Crippen LogP contribution >= 0.6 is 0 Å². The zero-order valence-corrected chi connectivity index (χ0v) is 10.4. The molecule has 0 bridgehead atoms. The van der Waals surface area contributed by atoms with Crippen LogP contribution in [0.3, 0.4) is 0 Å². The third-order valence-corrected chi connectivity index (χ3v) is 2.78. The van der Waals surface area contributed by atoms with Gasteiger partial charge in [-0.1, -0.05) is 0 Å². The van der Waals surface area contributed by atoms with Crippen LogP contribution in [0.1, 0.15) is 18.7 Å². The summed E-state index contributed by atoms with van der Waals surface area (Å²) in [5.74, 6) is -1.38. The average molecular weight is 263 g/mol. The molecular formula is C13H14FN3O2. The van der Waals surface area contributed by atoms with Crippen molar-refractivity contribution in [3.63, 3.8) is 0 Å². The third-order valence-electron chi connectivity index (χ3n) is 2.78. The minimum Gasteiger partial charge on any atom is -0.479 e. The molecule has 1 unspecified atom stereocenters. The number of carbonyl (C=O) groups is 1. The first-order valence-electron chi connectivity index (χ1n) is 5.86. The van der Waals surface area contributed by atoms with Crippen LogP contribution in [0.4, 0.5) is 10.1 Å². The second kappa shape index (κ2) is 5.51. The third kappa shape index (κ3) is 2.90. The summed E-state index contributed by atoms with van der Waals surface area (Å²) < 4.78 is 14.6. The van der Waals surface area contributed by atoms with Crippen molar-refractivity contribution >= 4 is 11.7 Å². The fourth-order valence-electron chi connectivity index (χ4n) is 1.81. The Morgan fingerprint density at radius 3 is 2.74 bits per heavy atom. The lowest BCUT2D eigenvalue weighted by Crippen LogP contribution is -2.23. The molecule has 1 aromatic heterocycles. The Morgan fingerprint density at radius 1 is 1.47 bits per heavy atom. The van der Waals surface area contributed by atoms with Crippen molar-refractivity contribution < 1.29 is 14.3 Å². The molecule has 6 heteroatoms. The molecule has 100 valence electrons. The number of aromatic nitrogens is 2. The number of benzene rings is 1. The van der Waals surface area contributed by atoms with E-state index in [4.69, 9.17) is 0 Å². The van der Waals surface area contributed by atoms with Crippen molar-refractivity contribution in [3.05, 3.63) is 48.3 Å². The number of halogens is 1. The van der Waals surface area contributed by atoms with Gasteiger partial charge in [-0.25, -0.2) is 14.2 Å². The molecule has 0 fully saturated rings. The van der Waals surface area contributed by atoms with E-state index in [1.165, 1.54) is 30.5 Å². The molecule has 0 saturated heterocycles. The zero-order valence-electron chi connectivity index (χ0n) is 10.4. The van der Waals surface area contributed by atoms with Crippen molar-refractivity contribution in [2.45, 2.75) is 19.5 Å². The van der Waals surface area contributed by atoms with E-state index in [-0.39, 0.29) is 5.82 Å². The number of anilines is 1. The van der Waals surface area contributed by atoms with Crippen LogP contribution in [-0.4, -0.2) is 20.6 Å². The van der Waals surface area contributed by atoms with Gasteiger partial charge < -0.3 is 15.0 Å². The van der Waals surface area contributed by atoms with E-state index in [0.717, 1.165) is 0 Å². The number of hydrogen-bond acceptors (Lipinski definition) is 3. The highest BCUT2D eigenvalue weighted by Gasteiger charge is 2.23. The molecule has 0 aliphatic heterocycles. The number of nitrogens with zero attached hydrogens (tertiary/aromatic N) is 2. The van der Waals surface area contributed by atoms with Crippen molar-refractivity contribution in [3.8, 4) is 0 Å². The van der Waals surface area contributed by atoms with Crippen LogP contribution in [0.15, 0.2) is 36.8 Å². The van der Waals surface area contributed by atoms with Gasteiger partial charge in [-0.3, -0.25) is 0 Å². The number of hydrogen-bond donors (Lipinski definition) is 2. The van der Waals surface area contributed by atoms with Gasteiger partial charge in [0.15, 0.2) is 6.04 Å². The van der Waals surface area contributed by atoms with Gasteiger partial charge >= 0.3 is 5.97 Å². The molecule has 0 aliphatic rings. The lowest BCUT2D eigenvalue weighted by Gasteiger charge is -2.17. The number of nitrogens with one attached hydrogen (secondary N) is 1. The van der Waals surface area contributed by atoms with Gasteiger partial charge in [0.25, 0.3) is 0 Å². The Labute approximate surface area is 109 Å². The highest BCUT2D eigenvalue weighted by Crippen LogP contribution is 2.20. The van der Waals surface area contributed by atoms with Crippen molar-refractivity contribution in [1.29, 1.82) is 0 Å². The first kappa shape index (κ1) is 13.1. The molecule has 0 radical (unpaired) electrons. The molecule has 0 saturated carbocycles. The second-order valence-electron chi connectivity index (χ2n) is 4.03. The summed E-state index contributed by atoms with van der Waals surface area (Å²) in [5.41, 5.74) is 1.09. The summed E-state index contributed by atoms with van der Waals surface area (Å²) in [6.07, 6.45) is 3.09. The normalized spacial score (nSPS) is 12.1. The summed E-state index contributed by atoms with van der Waals surface area (Å²) in [6, 6.07) is 4.62. The topological polar surface area (TPSA) is 67.2 Å². The lowest BCUT2D eigenvalue weighted by molar-refractivity contribution is -0.138. The van der Waals surface area contributed by atoms with Crippen LogP contribution in [0.2, 0.25) is 0 Å². The molecule has 0 aliphatic carbocycles. The quantitative estimate of drug-likeness (QED) is 0.868. The number of rotatable bonds is 5. The number of carboxylic acids is 1. The van der Waals surface area contributed by atoms with Crippen molar-refractivity contribution in [2.24, 2.45) is 0 Å². The van der Waals surface area contributed by atoms with Gasteiger partial charge in [0.05, 0.1) is 18.2 Å². The van der Waals surface area contributed by atoms with Crippen LogP contribution in [0.5, 0.6) is 0 Å². The molecule has 2 aromatic rings. The van der Waals surface area contributed by atoms with Gasteiger partial charge in [-0.2, -0.15) is 0 Å². The predicted molar refractivity (Wildman–Crippen MR) is 68.3 cm³/mol. The number of aliphatic carboxylic acids is 1. The van der Waals surface area contributed by atoms with E-state index < -0.39 is 12.0 Å². The van der Waals surface area contributed by atoms with Crippen molar-refractivity contribution in [1.82, 2.24) is 9.55 Å². The Hall–Kier alpha value is -2.37. The second-order valence-corrected chi connectivity index (χ2v) is 4.03. The number of aryl methyl sites for hydroxylation is 1. The standard InChI is InChI=1S/C13H14FN3O2/c1-2-17-8-15-7-11(17)12(13(18)19)16-10-5-3-9(14)4-6-10/h3-8,12,16H,2H2,1H3,(H,18,19). The van der Waals surface area contributed by atoms with E-state index in [2.05, 4.69) is 10.3 Å². The smallest absolute Gasteiger partial charge is 0.332 e. The fourth-order valence-corrected chi connectivity index (χ4v) is 1.81. The molecule has 2 rings (SSSR count). The van der Waals surface area contributed by atoms with Gasteiger partial charge in [0.1, 0.15) is 5.82 Å². The fraction of sp³-hybridized carbons (Fsp3) is 0.231. The van der Waals surface area contributed by atoms with Crippen LogP contribution in [0.25, 0.3) is 0 Å². The minimum absolute atomic E-state index is 0.365. The lowest BCUT2D eigenvalue weighted by atomic mass is 10.2. The average Bonchev–Trinajstić information content (AvgIpc) is 2.85. The Bertz CT molecular complexity index is 566. The van der Waals surface area contributed by atoms with Crippen LogP contribution < -0.4 is 5.32 Å². The van der Waals surface area contributed by atoms with Gasteiger partial charge in [0, 0.05) is 12.2 Å². The van der Waals surface area contributed by atoms with Gasteiger partial charge in [-0.15, -0.1) is 0 Å². The Balaban J connectivity index is 2.26. The minimum atomic E-state index is -1.01. The van der Waals surface area contributed by atoms with Crippen molar-refractivity contribution in [2.75, 3.05) is 5.32 Å².